The lowest BCUT2D eigenvalue weighted by molar-refractivity contribution is -0.115. The van der Waals surface area contributed by atoms with E-state index < -0.39 is 0 Å². The number of anilines is 1. The molecule has 0 saturated heterocycles. The van der Waals surface area contributed by atoms with Crippen molar-refractivity contribution in [1.29, 1.82) is 0 Å². The van der Waals surface area contributed by atoms with Crippen molar-refractivity contribution in [3.05, 3.63) is 51.9 Å². The van der Waals surface area contributed by atoms with Gasteiger partial charge in [0.25, 0.3) is 0 Å². The highest BCUT2D eigenvalue weighted by molar-refractivity contribution is 7.16. The van der Waals surface area contributed by atoms with Crippen LogP contribution in [0.3, 0.4) is 0 Å². The molecule has 24 heavy (non-hydrogen) atoms. The van der Waals surface area contributed by atoms with Gasteiger partial charge < -0.3 is 10.1 Å². The Morgan fingerprint density at radius 2 is 1.88 bits per heavy atom. The molecule has 0 aliphatic carbocycles. The first kappa shape index (κ1) is 18.2. The van der Waals surface area contributed by atoms with Gasteiger partial charge in [-0.2, -0.15) is 0 Å². The van der Waals surface area contributed by atoms with Crippen molar-refractivity contribution in [3.63, 3.8) is 0 Å². The molecule has 128 valence electrons. The number of rotatable bonds is 7. The fraction of sp³-hybridized carbons (Fsp3) is 0.368. The molecule has 5 heteroatoms. The lowest BCUT2D eigenvalue weighted by Crippen LogP contribution is -2.17. The van der Waals surface area contributed by atoms with Crippen molar-refractivity contribution in [1.82, 2.24) is 0 Å². The number of esters is 1. The molecule has 1 aromatic heterocycles. The van der Waals surface area contributed by atoms with Crippen molar-refractivity contribution in [2.75, 3.05) is 11.9 Å². The number of ether oxygens (including phenoxy) is 1. The highest BCUT2D eigenvalue weighted by atomic mass is 32.1. The predicted molar refractivity (Wildman–Crippen MR) is 97.8 cm³/mol. The molecule has 1 amide bonds. The minimum atomic E-state index is -0.354. The molecule has 0 aliphatic rings. The van der Waals surface area contributed by atoms with Crippen LogP contribution in [0.4, 0.5) is 5.00 Å². The highest BCUT2D eigenvalue weighted by Crippen LogP contribution is 2.34. The number of hydrogen-bond donors (Lipinski definition) is 1. The van der Waals surface area contributed by atoms with Gasteiger partial charge in [0.2, 0.25) is 5.91 Å². The second kappa shape index (κ2) is 8.64. The van der Waals surface area contributed by atoms with E-state index in [1.54, 1.807) is 0 Å². The van der Waals surface area contributed by atoms with Crippen LogP contribution < -0.4 is 5.32 Å². The summed E-state index contributed by atoms with van der Waals surface area (Å²) < 4.78 is 5.29. The van der Waals surface area contributed by atoms with E-state index in [2.05, 4.69) is 5.32 Å². The molecule has 0 spiro atoms. The quantitative estimate of drug-likeness (QED) is 0.758. The number of thiophene rings is 1. The normalized spacial score (nSPS) is 10.5. The summed E-state index contributed by atoms with van der Waals surface area (Å²) in [6.45, 7) is 6.30. The van der Waals surface area contributed by atoms with Gasteiger partial charge >= 0.3 is 5.97 Å². The molecule has 0 aliphatic heterocycles. The Labute approximate surface area is 146 Å². The summed E-state index contributed by atoms with van der Waals surface area (Å²) in [5.74, 6) is -0.484. The summed E-state index contributed by atoms with van der Waals surface area (Å²) in [5.41, 5.74) is 2.40. The van der Waals surface area contributed by atoms with Crippen LogP contribution in [0, 0.1) is 6.92 Å². The number of carbonyl (C=O) groups is 2. The van der Waals surface area contributed by atoms with Crippen LogP contribution in [0.5, 0.6) is 0 Å². The predicted octanol–water partition coefficient (Wildman–Crippen LogP) is 4.37. The molecule has 2 rings (SSSR count). The van der Waals surface area contributed by atoms with Crippen molar-refractivity contribution in [2.45, 2.75) is 40.0 Å². The average Bonchev–Trinajstić information content (AvgIpc) is 2.88. The monoisotopic (exact) mass is 345 g/mol. The molecule has 0 atom stereocenters. The van der Waals surface area contributed by atoms with E-state index in [0.717, 1.165) is 28.8 Å². The first-order chi connectivity index (χ1) is 11.6. The Hall–Kier alpha value is -2.14. The number of benzene rings is 1. The summed E-state index contributed by atoms with van der Waals surface area (Å²) in [7, 11) is 0. The van der Waals surface area contributed by atoms with Crippen LogP contribution in [-0.4, -0.2) is 18.5 Å². The Kier molecular flexibility index (Phi) is 6.55. The van der Waals surface area contributed by atoms with Crippen molar-refractivity contribution >= 4 is 28.2 Å². The van der Waals surface area contributed by atoms with Crippen LogP contribution in [0.2, 0.25) is 0 Å². The SMILES string of the molecule is CCCOC(=O)c1c(NC(=O)Cc2ccccc2)sc(C)c1CC. The van der Waals surface area contributed by atoms with Gasteiger partial charge in [-0.3, -0.25) is 4.79 Å². The Morgan fingerprint density at radius 3 is 2.50 bits per heavy atom. The maximum Gasteiger partial charge on any atom is 0.341 e. The van der Waals surface area contributed by atoms with Gasteiger partial charge in [0, 0.05) is 4.88 Å². The number of carbonyl (C=O) groups excluding carboxylic acids is 2. The summed E-state index contributed by atoms with van der Waals surface area (Å²) in [4.78, 5) is 25.8. The zero-order valence-electron chi connectivity index (χ0n) is 14.3. The summed E-state index contributed by atoms with van der Waals surface area (Å²) in [6.07, 6.45) is 1.78. The van der Waals surface area contributed by atoms with Crippen molar-refractivity contribution < 1.29 is 14.3 Å². The van der Waals surface area contributed by atoms with Crippen LogP contribution in [0.1, 0.15) is 46.6 Å². The molecule has 0 unspecified atom stereocenters. The minimum absolute atomic E-state index is 0.130. The van der Waals surface area contributed by atoms with E-state index in [9.17, 15) is 9.59 Å². The van der Waals surface area contributed by atoms with Crippen LogP contribution in [0.25, 0.3) is 0 Å². The number of hydrogen-bond acceptors (Lipinski definition) is 4. The molecule has 1 heterocycles. The lowest BCUT2D eigenvalue weighted by atomic mass is 10.1. The number of nitrogens with one attached hydrogen (secondary N) is 1. The third-order valence-corrected chi connectivity index (χ3v) is 4.73. The molecule has 2 aromatic rings. The van der Waals surface area contributed by atoms with Gasteiger partial charge in [-0.15, -0.1) is 11.3 Å². The standard InChI is InChI=1S/C19H23NO3S/c1-4-11-23-19(22)17-15(5-2)13(3)24-18(17)20-16(21)12-14-9-7-6-8-10-14/h6-10H,4-5,11-12H2,1-3H3,(H,20,21). The molecule has 0 bridgehead atoms. The largest absolute Gasteiger partial charge is 0.462 e. The average molecular weight is 345 g/mol. The second-order valence-corrected chi connectivity index (χ2v) is 6.77. The maximum atomic E-state index is 12.4. The van der Waals surface area contributed by atoms with E-state index in [4.69, 9.17) is 4.74 Å². The van der Waals surface area contributed by atoms with E-state index in [1.807, 2.05) is 51.1 Å². The van der Waals surface area contributed by atoms with Crippen molar-refractivity contribution in [3.8, 4) is 0 Å². The molecule has 4 nitrogen and oxygen atoms in total. The van der Waals surface area contributed by atoms with Gasteiger partial charge in [-0.25, -0.2) is 4.79 Å². The van der Waals surface area contributed by atoms with Crippen LogP contribution in [-0.2, 0) is 22.4 Å². The third kappa shape index (κ3) is 4.45. The van der Waals surface area contributed by atoms with E-state index in [0.29, 0.717) is 17.2 Å². The highest BCUT2D eigenvalue weighted by Gasteiger charge is 2.23. The molecule has 0 fully saturated rings. The molecule has 0 radical (unpaired) electrons. The zero-order chi connectivity index (χ0) is 17.5. The Balaban J connectivity index is 2.19. The van der Waals surface area contributed by atoms with Crippen LogP contribution >= 0.6 is 11.3 Å². The lowest BCUT2D eigenvalue weighted by Gasteiger charge is -2.08. The number of aryl methyl sites for hydroxylation is 1. The van der Waals surface area contributed by atoms with E-state index in [-0.39, 0.29) is 18.3 Å². The first-order valence-electron chi connectivity index (χ1n) is 8.19. The summed E-state index contributed by atoms with van der Waals surface area (Å²) in [6, 6.07) is 9.54. The van der Waals surface area contributed by atoms with Gasteiger partial charge in [0.1, 0.15) is 5.00 Å². The van der Waals surface area contributed by atoms with E-state index in [1.165, 1.54) is 11.3 Å². The minimum Gasteiger partial charge on any atom is -0.462 e. The third-order valence-electron chi connectivity index (χ3n) is 3.66. The summed E-state index contributed by atoms with van der Waals surface area (Å²) in [5, 5.41) is 3.48. The van der Waals surface area contributed by atoms with Crippen LogP contribution in [0.15, 0.2) is 30.3 Å². The van der Waals surface area contributed by atoms with Crippen molar-refractivity contribution in [2.24, 2.45) is 0 Å². The van der Waals surface area contributed by atoms with E-state index >= 15 is 0 Å². The fourth-order valence-corrected chi connectivity index (χ4v) is 3.68. The number of amides is 1. The molecular formula is C19H23NO3S. The maximum absolute atomic E-state index is 12.4. The van der Waals surface area contributed by atoms with Gasteiger partial charge in [-0.1, -0.05) is 44.2 Å². The van der Waals surface area contributed by atoms with Gasteiger partial charge in [-0.05, 0) is 30.9 Å². The van der Waals surface area contributed by atoms with Gasteiger partial charge in [0.15, 0.2) is 0 Å². The molecule has 1 N–H and O–H groups in total. The molecule has 1 aromatic carbocycles. The topological polar surface area (TPSA) is 55.4 Å². The second-order valence-electron chi connectivity index (χ2n) is 5.54. The van der Waals surface area contributed by atoms with Gasteiger partial charge in [0.05, 0.1) is 18.6 Å². The smallest absolute Gasteiger partial charge is 0.341 e. The Morgan fingerprint density at radius 1 is 1.17 bits per heavy atom. The fourth-order valence-electron chi connectivity index (χ4n) is 2.53. The zero-order valence-corrected chi connectivity index (χ0v) is 15.2. The molecule has 0 saturated carbocycles. The summed E-state index contributed by atoms with van der Waals surface area (Å²) >= 11 is 1.43. The molecular weight excluding hydrogens is 322 g/mol. The Bertz CT molecular complexity index is 707. The first-order valence-corrected chi connectivity index (χ1v) is 9.01.